The number of fused-ring (bicyclic) bond motifs is 3. The first-order chi connectivity index (χ1) is 15.3. The van der Waals surface area contributed by atoms with Crippen molar-refractivity contribution >= 4 is 22.6 Å². The molecule has 0 fully saturated rings. The van der Waals surface area contributed by atoms with Crippen LogP contribution in [0.2, 0.25) is 0 Å². The summed E-state index contributed by atoms with van der Waals surface area (Å²) in [7, 11) is -0.839. The van der Waals surface area contributed by atoms with Crippen LogP contribution in [0.3, 0.4) is 0 Å². The molecule has 1 aromatic carbocycles. The van der Waals surface area contributed by atoms with Gasteiger partial charge in [0.25, 0.3) is 0 Å². The predicted octanol–water partition coefficient (Wildman–Crippen LogP) is 2.16. The van der Waals surface area contributed by atoms with Crippen LogP contribution in [0.25, 0.3) is 0 Å². The zero-order chi connectivity index (χ0) is 23.0. The molecular formula is C21H19F3N5O2S+. The molecule has 0 saturated carbocycles. The van der Waals surface area contributed by atoms with E-state index in [0.717, 1.165) is 6.07 Å². The Hall–Kier alpha value is -3.15. The number of nitrogens with zero attached hydrogens (tertiary/aromatic N) is 4. The summed E-state index contributed by atoms with van der Waals surface area (Å²) in [5, 5.41) is 25.3. The van der Waals surface area contributed by atoms with Crippen molar-refractivity contribution in [2.75, 3.05) is 22.8 Å². The molecule has 2 aliphatic rings. The number of terminal acetylenes is 1. The topological polar surface area (TPSA) is 94.2 Å². The van der Waals surface area contributed by atoms with Crippen LogP contribution in [-0.2, 0) is 36.3 Å². The number of rotatable bonds is 2. The lowest BCUT2D eigenvalue weighted by molar-refractivity contribution is 0.0124. The second kappa shape index (κ2) is 8.41. The third kappa shape index (κ3) is 3.90. The van der Waals surface area contributed by atoms with Gasteiger partial charge in [0.2, 0.25) is 5.94 Å². The lowest BCUT2D eigenvalue weighted by Crippen LogP contribution is -2.46. The second-order valence-electron chi connectivity index (χ2n) is 7.54. The van der Waals surface area contributed by atoms with Crippen molar-refractivity contribution in [3.8, 4) is 18.4 Å². The standard InChI is InChI=1S/C21H18F3N5O2S/c1-2-15-8-18-16(19-21(23,24)11-32(12-30)6-5-29(19)27-18)10-28(15)20(31)26-14-3-4-17(22)13(7-14)9-25/h1,3-4,7,15,30H,5-6,8,10-12H2/p+1. The Labute approximate surface area is 185 Å². The van der Waals surface area contributed by atoms with Gasteiger partial charge in [-0.05, 0) is 18.2 Å². The smallest absolute Gasteiger partial charge is 0.333 e. The molecule has 2 aliphatic heterocycles. The molecule has 11 heteroatoms. The van der Waals surface area contributed by atoms with E-state index in [1.807, 2.05) is 0 Å². The largest absolute Gasteiger partial charge is 0.352 e. The van der Waals surface area contributed by atoms with Gasteiger partial charge in [-0.15, -0.1) is 6.42 Å². The van der Waals surface area contributed by atoms with E-state index in [2.05, 4.69) is 16.3 Å². The first kappa shape index (κ1) is 22.1. The number of aliphatic hydroxyl groups is 1. The summed E-state index contributed by atoms with van der Waals surface area (Å²) in [6.45, 7) is 0.0845. The fourth-order valence-electron chi connectivity index (χ4n) is 3.99. The molecule has 166 valence electrons. The summed E-state index contributed by atoms with van der Waals surface area (Å²) in [6, 6.07) is 3.86. The molecule has 0 spiro atoms. The number of benzene rings is 1. The molecule has 3 heterocycles. The maximum atomic E-state index is 15.1. The maximum Gasteiger partial charge on any atom is 0.333 e. The van der Waals surface area contributed by atoms with Crippen LogP contribution >= 0.6 is 0 Å². The van der Waals surface area contributed by atoms with Crippen LogP contribution < -0.4 is 5.32 Å². The van der Waals surface area contributed by atoms with E-state index < -0.39 is 40.5 Å². The third-order valence-corrected chi connectivity index (χ3v) is 7.42. The highest BCUT2D eigenvalue weighted by Gasteiger charge is 2.49. The number of aromatic nitrogens is 2. The van der Waals surface area contributed by atoms with E-state index in [1.165, 1.54) is 21.7 Å². The summed E-state index contributed by atoms with van der Waals surface area (Å²) in [6.07, 6.45) is 5.73. The molecule has 0 radical (unpaired) electrons. The average Bonchev–Trinajstić information content (AvgIpc) is 3.08. The normalized spacial score (nSPS) is 21.5. The number of amides is 2. The van der Waals surface area contributed by atoms with E-state index in [-0.39, 0.29) is 48.0 Å². The molecular weight excluding hydrogens is 443 g/mol. The lowest BCUT2D eigenvalue weighted by Gasteiger charge is -2.32. The van der Waals surface area contributed by atoms with Crippen LogP contribution in [0.5, 0.6) is 0 Å². The minimum Gasteiger partial charge on any atom is -0.352 e. The summed E-state index contributed by atoms with van der Waals surface area (Å²) >= 11 is 0. The second-order valence-corrected chi connectivity index (χ2v) is 9.72. The van der Waals surface area contributed by atoms with E-state index in [0.29, 0.717) is 11.4 Å². The van der Waals surface area contributed by atoms with Crippen LogP contribution in [0.15, 0.2) is 18.2 Å². The molecule has 0 aliphatic carbocycles. The number of aliphatic hydroxyl groups excluding tert-OH is 1. The SMILES string of the molecule is C#CC1Cc2nn3c(c2CN1C(=O)Nc1ccc(F)c(C#N)c1)C(F)(F)C[S+](CO)CC3. The Morgan fingerprint density at radius 3 is 2.94 bits per heavy atom. The molecule has 2 aromatic rings. The number of anilines is 1. The van der Waals surface area contributed by atoms with Gasteiger partial charge in [0.05, 0.1) is 24.3 Å². The summed E-state index contributed by atoms with van der Waals surface area (Å²) in [4.78, 5) is 14.2. The van der Waals surface area contributed by atoms with Gasteiger partial charge in [-0.25, -0.2) is 9.18 Å². The van der Waals surface area contributed by atoms with Gasteiger partial charge >= 0.3 is 12.0 Å². The number of carbonyl (C=O) groups is 1. The van der Waals surface area contributed by atoms with Gasteiger partial charge in [-0.3, -0.25) is 4.68 Å². The van der Waals surface area contributed by atoms with Crippen molar-refractivity contribution in [1.82, 2.24) is 14.7 Å². The molecule has 2 atom stereocenters. The molecule has 2 unspecified atom stereocenters. The third-order valence-electron chi connectivity index (χ3n) is 5.52. The van der Waals surface area contributed by atoms with E-state index in [9.17, 15) is 14.3 Å². The van der Waals surface area contributed by atoms with Gasteiger partial charge in [0, 0.05) is 28.6 Å². The average molecular weight is 462 g/mol. The fraction of sp³-hybridized carbons (Fsp3) is 0.381. The molecule has 7 nitrogen and oxygen atoms in total. The van der Waals surface area contributed by atoms with Crippen molar-refractivity contribution < 1.29 is 23.1 Å². The van der Waals surface area contributed by atoms with Crippen molar-refractivity contribution in [3.05, 3.63) is 46.5 Å². The van der Waals surface area contributed by atoms with E-state index in [1.54, 1.807) is 6.07 Å². The molecule has 0 saturated heterocycles. The zero-order valence-corrected chi connectivity index (χ0v) is 17.6. The van der Waals surface area contributed by atoms with E-state index in [4.69, 9.17) is 11.7 Å². The number of alkyl halides is 2. The van der Waals surface area contributed by atoms with Crippen LogP contribution in [0.1, 0.15) is 22.5 Å². The minimum atomic E-state index is -3.20. The molecule has 32 heavy (non-hydrogen) atoms. The maximum absolute atomic E-state index is 15.1. The highest BCUT2D eigenvalue weighted by molar-refractivity contribution is 7.96. The molecule has 0 bridgehead atoms. The number of urea groups is 1. The first-order valence-electron chi connectivity index (χ1n) is 9.72. The quantitative estimate of drug-likeness (QED) is 0.528. The van der Waals surface area contributed by atoms with Crippen LogP contribution in [0, 0.1) is 29.5 Å². The van der Waals surface area contributed by atoms with Gasteiger partial charge < -0.3 is 15.3 Å². The molecule has 2 amide bonds. The highest BCUT2D eigenvalue weighted by Crippen LogP contribution is 2.39. The Morgan fingerprint density at radius 2 is 2.25 bits per heavy atom. The van der Waals surface area contributed by atoms with Crippen LogP contribution in [0.4, 0.5) is 23.7 Å². The molecule has 2 N–H and O–H groups in total. The van der Waals surface area contributed by atoms with Crippen LogP contribution in [-0.4, -0.2) is 49.3 Å². The van der Waals surface area contributed by atoms with Gasteiger partial charge in [-0.2, -0.15) is 19.1 Å². The van der Waals surface area contributed by atoms with Crippen molar-refractivity contribution in [2.45, 2.75) is 31.5 Å². The number of hydrogen-bond donors (Lipinski definition) is 2. The Balaban J connectivity index is 1.64. The van der Waals surface area contributed by atoms with Crippen molar-refractivity contribution in [3.63, 3.8) is 0 Å². The number of hydrogen-bond acceptors (Lipinski definition) is 4. The Bertz CT molecular complexity index is 1150. The molecule has 4 rings (SSSR count). The number of aryl methyl sites for hydroxylation is 1. The summed E-state index contributed by atoms with van der Waals surface area (Å²) in [5.74, 6) is -1.80. The van der Waals surface area contributed by atoms with Gasteiger partial charge in [0.15, 0.2) is 5.75 Å². The molecule has 1 aromatic heterocycles. The monoisotopic (exact) mass is 462 g/mol. The predicted molar refractivity (Wildman–Crippen MR) is 112 cm³/mol. The zero-order valence-electron chi connectivity index (χ0n) is 16.8. The fourth-order valence-corrected chi connectivity index (χ4v) is 5.44. The van der Waals surface area contributed by atoms with E-state index >= 15 is 8.78 Å². The Kier molecular flexibility index (Phi) is 5.80. The van der Waals surface area contributed by atoms with Gasteiger partial charge in [-0.1, -0.05) is 5.92 Å². The highest BCUT2D eigenvalue weighted by atomic mass is 32.2. The minimum absolute atomic E-state index is 0.119. The lowest BCUT2D eigenvalue weighted by atomic mass is 9.97. The number of halogens is 3. The number of nitriles is 1. The number of carbonyl (C=O) groups excluding carboxylic acids is 1. The number of nitrogens with one attached hydrogen (secondary N) is 1. The van der Waals surface area contributed by atoms with Crippen molar-refractivity contribution in [2.24, 2.45) is 0 Å². The summed E-state index contributed by atoms with van der Waals surface area (Å²) in [5.41, 5.74) is 0.402. The van der Waals surface area contributed by atoms with Gasteiger partial charge in [0.1, 0.15) is 29.4 Å². The Morgan fingerprint density at radius 1 is 1.47 bits per heavy atom. The summed E-state index contributed by atoms with van der Waals surface area (Å²) < 4.78 is 45.0. The van der Waals surface area contributed by atoms with Crippen molar-refractivity contribution in [1.29, 1.82) is 5.26 Å². The first-order valence-corrected chi connectivity index (χ1v) is 11.5.